The van der Waals surface area contributed by atoms with Crippen molar-refractivity contribution in [3.63, 3.8) is 0 Å². The molecule has 0 aliphatic heterocycles. The lowest BCUT2D eigenvalue weighted by molar-refractivity contribution is -0.123. The number of amides is 1. The topological polar surface area (TPSA) is 62.1 Å². The number of nitriles is 1. The fourth-order valence-corrected chi connectivity index (χ4v) is 2.76. The minimum Gasteiger partial charge on any atom is -0.495 e. The molecule has 0 saturated heterocycles. The van der Waals surface area contributed by atoms with Crippen LogP contribution in [0.4, 0.5) is 5.69 Å². The number of halogens is 1. The summed E-state index contributed by atoms with van der Waals surface area (Å²) in [5.74, 6) is 0.402. The van der Waals surface area contributed by atoms with Gasteiger partial charge in [-0.3, -0.25) is 4.79 Å². The van der Waals surface area contributed by atoms with E-state index >= 15 is 0 Å². The van der Waals surface area contributed by atoms with Crippen molar-refractivity contribution in [2.24, 2.45) is 5.41 Å². The summed E-state index contributed by atoms with van der Waals surface area (Å²) in [5.41, 5.74) is -0.323. The van der Waals surface area contributed by atoms with E-state index in [0.717, 1.165) is 17.3 Å². The van der Waals surface area contributed by atoms with E-state index in [9.17, 15) is 10.1 Å². The molecule has 114 valence electrons. The molecule has 0 spiro atoms. The Morgan fingerprint density at radius 1 is 1.38 bits per heavy atom. The summed E-state index contributed by atoms with van der Waals surface area (Å²) >= 11 is 3.37. The average Bonchev–Trinajstić information content (AvgIpc) is 2.48. The molecule has 21 heavy (non-hydrogen) atoms. The zero-order chi connectivity index (χ0) is 15.9. The van der Waals surface area contributed by atoms with Crippen LogP contribution in [0.5, 0.6) is 5.75 Å². The smallest absolute Gasteiger partial charge is 0.244 e. The lowest BCUT2D eigenvalue weighted by Crippen LogP contribution is -2.35. The van der Waals surface area contributed by atoms with E-state index in [1.165, 1.54) is 0 Å². The molecule has 0 radical (unpaired) electrons. The molecule has 1 aromatic carbocycles. The molecule has 1 aromatic rings. The number of methoxy groups -OCH3 is 1. The maximum absolute atomic E-state index is 12.5. The van der Waals surface area contributed by atoms with Crippen LogP contribution in [-0.2, 0) is 4.79 Å². The van der Waals surface area contributed by atoms with E-state index in [1.807, 2.05) is 19.9 Å². The highest BCUT2D eigenvalue weighted by molar-refractivity contribution is 9.10. The largest absolute Gasteiger partial charge is 0.495 e. The van der Waals surface area contributed by atoms with Gasteiger partial charge in [-0.25, -0.2) is 0 Å². The third kappa shape index (κ3) is 4.21. The van der Waals surface area contributed by atoms with Crippen LogP contribution in [0.2, 0.25) is 0 Å². The van der Waals surface area contributed by atoms with Crippen LogP contribution in [0.25, 0.3) is 0 Å². The minimum absolute atomic E-state index is 0.238. The van der Waals surface area contributed by atoms with Gasteiger partial charge in [0.15, 0.2) is 0 Å². The average molecular weight is 353 g/mol. The molecule has 0 aliphatic rings. The monoisotopic (exact) mass is 352 g/mol. The van der Waals surface area contributed by atoms with E-state index in [1.54, 1.807) is 19.2 Å². The van der Waals surface area contributed by atoms with Gasteiger partial charge in [0, 0.05) is 11.8 Å². The summed E-state index contributed by atoms with van der Waals surface area (Å²) in [4.78, 5) is 12.5. The Morgan fingerprint density at radius 2 is 2.00 bits per heavy atom. The molecule has 0 bridgehead atoms. The van der Waals surface area contributed by atoms with Gasteiger partial charge in [-0.15, -0.1) is 0 Å². The molecule has 0 unspecified atom stereocenters. The first-order valence-electron chi connectivity index (χ1n) is 7.09. The summed E-state index contributed by atoms with van der Waals surface area (Å²) in [6, 6.07) is 7.55. The molecule has 0 atom stereocenters. The molecule has 0 saturated carbocycles. The molecule has 1 amide bonds. The lowest BCUT2D eigenvalue weighted by atomic mass is 9.79. The molecule has 0 heterocycles. The zero-order valence-electron chi connectivity index (χ0n) is 12.7. The van der Waals surface area contributed by atoms with Gasteiger partial charge in [-0.05, 0) is 40.9 Å². The SMILES string of the molecule is CCCC(C#N)(CCC)C(=O)Nc1ccc(Br)c(OC)c1. The first kappa shape index (κ1) is 17.5. The Morgan fingerprint density at radius 3 is 2.48 bits per heavy atom. The number of carbonyl (C=O) groups is 1. The summed E-state index contributed by atoms with van der Waals surface area (Å²) in [6.45, 7) is 3.97. The van der Waals surface area contributed by atoms with Gasteiger partial charge >= 0.3 is 0 Å². The van der Waals surface area contributed by atoms with Crippen LogP contribution < -0.4 is 10.1 Å². The number of ether oxygens (including phenoxy) is 1. The second-order valence-corrected chi connectivity index (χ2v) is 5.85. The standard InChI is InChI=1S/C16H21BrN2O2/c1-4-8-16(11-18,9-5-2)15(20)19-12-6-7-13(17)14(10-12)21-3/h6-7,10H,4-5,8-9H2,1-3H3,(H,19,20). The number of hydrogen-bond acceptors (Lipinski definition) is 3. The number of carbonyl (C=O) groups excluding carboxylic acids is 1. The molecule has 0 aromatic heterocycles. The molecule has 4 nitrogen and oxygen atoms in total. The van der Waals surface area contributed by atoms with Crippen molar-refractivity contribution in [3.8, 4) is 11.8 Å². The van der Waals surface area contributed by atoms with Crippen molar-refractivity contribution in [2.75, 3.05) is 12.4 Å². The van der Waals surface area contributed by atoms with Crippen molar-refractivity contribution in [1.29, 1.82) is 5.26 Å². The third-order valence-corrected chi connectivity index (χ3v) is 4.07. The maximum atomic E-state index is 12.5. The minimum atomic E-state index is -0.955. The van der Waals surface area contributed by atoms with Gasteiger partial charge in [0.05, 0.1) is 17.7 Å². The Labute approximate surface area is 134 Å². The van der Waals surface area contributed by atoms with E-state index < -0.39 is 5.41 Å². The number of benzene rings is 1. The summed E-state index contributed by atoms with van der Waals surface area (Å²) < 4.78 is 6.03. The number of anilines is 1. The van der Waals surface area contributed by atoms with Crippen LogP contribution in [0.15, 0.2) is 22.7 Å². The highest BCUT2D eigenvalue weighted by atomic mass is 79.9. The Balaban J connectivity index is 2.99. The van der Waals surface area contributed by atoms with Crippen LogP contribution in [0.1, 0.15) is 39.5 Å². The van der Waals surface area contributed by atoms with Gasteiger partial charge in [-0.1, -0.05) is 26.7 Å². The summed E-state index contributed by atoms with van der Waals surface area (Å²) in [6.07, 6.45) is 2.73. The second kappa shape index (κ2) is 8.04. The summed E-state index contributed by atoms with van der Waals surface area (Å²) in [5, 5.41) is 12.3. The quantitative estimate of drug-likeness (QED) is 0.785. The van der Waals surface area contributed by atoms with Gasteiger partial charge in [0.1, 0.15) is 11.2 Å². The molecule has 1 N–H and O–H groups in total. The van der Waals surface area contributed by atoms with Gasteiger partial charge in [0.25, 0.3) is 0 Å². The first-order chi connectivity index (χ1) is 10.0. The van der Waals surface area contributed by atoms with Crippen molar-refractivity contribution in [2.45, 2.75) is 39.5 Å². The van der Waals surface area contributed by atoms with Crippen LogP contribution in [0, 0.1) is 16.7 Å². The zero-order valence-corrected chi connectivity index (χ0v) is 14.3. The highest BCUT2D eigenvalue weighted by Crippen LogP contribution is 2.32. The van der Waals surface area contributed by atoms with Crippen LogP contribution in [0.3, 0.4) is 0 Å². The molecular formula is C16H21BrN2O2. The Kier molecular flexibility index (Phi) is 6.70. The summed E-state index contributed by atoms with van der Waals surface area (Å²) in [7, 11) is 1.57. The highest BCUT2D eigenvalue weighted by Gasteiger charge is 2.37. The van der Waals surface area contributed by atoms with Crippen LogP contribution >= 0.6 is 15.9 Å². The third-order valence-electron chi connectivity index (χ3n) is 3.41. The molecule has 0 aliphatic carbocycles. The number of rotatable bonds is 7. The van der Waals surface area contributed by atoms with E-state index in [4.69, 9.17) is 4.74 Å². The van der Waals surface area contributed by atoms with Gasteiger partial charge in [0.2, 0.25) is 5.91 Å². The molecule has 5 heteroatoms. The molecular weight excluding hydrogens is 332 g/mol. The molecule has 1 rings (SSSR count). The molecule has 0 fully saturated rings. The van der Waals surface area contributed by atoms with E-state index in [2.05, 4.69) is 27.3 Å². The predicted molar refractivity (Wildman–Crippen MR) is 87.2 cm³/mol. The maximum Gasteiger partial charge on any atom is 0.244 e. The lowest BCUT2D eigenvalue weighted by Gasteiger charge is -2.24. The van der Waals surface area contributed by atoms with Crippen molar-refractivity contribution >= 4 is 27.5 Å². The van der Waals surface area contributed by atoms with Crippen molar-refractivity contribution < 1.29 is 9.53 Å². The predicted octanol–water partition coefficient (Wildman–Crippen LogP) is 4.51. The number of hydrogen-bond donors (Lipinski definition) is 1. The fourth-order valence-electron chi connectivity index (χ4n) is 2.36. The number of nitrogens with one attached hydrogen (secondary N) is 1. The second-order valence-electron chi connectivity index (χ2n) is 5.00. The first-order valence-corrected chi connectivity index (χ1v) is 7.88. The Hall–Kier alpha value is -1.54. The van der Waals surface area contributed by atoms with E-state index in [0.29, 0.717) is 24.3 Å². The van der Waals surface area contributed by atoms with E-state index in [-0.39, 0.29) is 5.91 Å². The van der Waals surface area contributed by atoms with Gasteiger partial charge in [-0.2, -0.15) is 5.26 Å². The fraction of sp³-hybridized carbons (Fsp3) is 0.500. The number of nitrogens with zero attached hydrogens (tertiary/aromatic N) is 1. The Bertz CT molecular complexity index is 532. The normalized spacial score (nSPS) is 10.8. The van der Waals surface area contributed by atoms with Gasteiger partial charge < -0.3 is 10.1 Å². The van der Waals surface area contributed by atoms with Crippen LogP contribution in [-0.4, -0.2) is 13.0 Å². The van der Waals surface area contributed by atoms with Crippen molar-refractivity contribution in [3.05, 3.63) is 22.7 Å². The van der Waals surface area contributed by atoms with Crippen molar-refractivity contribution in [1.82, 2.24) is 0 Å².